The van der Waals surface area contributed by atoms with Crippen molar-refractivity contribution < 1.29 is 9.53 Å². The van der Waals surface area contributed by atoms with Crippen molar-refractivity contribution in [1.29, 1.82) is 0 Å². The first kappa shape index (κ1) is 15.8. The number of nitrogens with two attached hydrogens (primary N) is 1. The maximum Gasteiger partial charge on any atom is 0.265 e. The molecule has 1 saturated heterocycles. The predicted molar refractivity (Wildman–Crippen MR) is 83.0 cm³/mol. The quantitative estimate of drug-likeness (QED) is 0.493. The Bertz CT molecular complexity index is 461. The van der Waals surface area contributed by atoms with Gasteiger partial charge in [0.2, 0.25) is 0 Å². The normalized spacial score (nSPS) is 18.2. The number of hydrogen-bond donors (Lipinski definition) is 2. The third kappa shape index (κ3) is 4.72. The molecule has 1 amide bonds. The Kier molecular flexibility index (Phi) is 5.20. The molecule has 1 aromatic carbocycles. The largest absolute Gasteiger partial charge is 0.492 e. The number of nitrogens with zero attached hydrogens (tertiary/aromatic N) is 1. The van der Waals surface area contributed by atoms with Crippen molar-refractivity contribution in [2.75, 3.05) is 26.2 Å². The number of likely N-dealkylation sites (tertiary alicyclic amines) is 1. The fourth-order valence-electron chi connectivity index (χ4n) is 2.46. The fourth-order valence-corrected chi connectivity index (χ4v) is 2.46. The number of rotatable bonds is 5. The number of hydrazine groups is 1. The predicted octanol–water partition coefficient (Wildman–Crippen LogP) is 1.79. The number of nitrogen functional groups attached to an aromatic ring is 1. The third-order valence-corrected chi connectivity index (χ3v) is 4.13. The van der Waals surface area contributed by atoms with E-state index in [0.29, 0.717) is 17.6 Å². The van der Waals surface area contributed by atoms with Gasteiger partial charge in [0.15, 0.2) is 0 Å². The van der Waals surface area contributed by atoms with Gasteiger partial charge in [-0.15, -0.1) is 0 Å². The molecule has 1 heterocycles. The van der Waals surface area contributed by atoms with Gasteiger partial charge >= 0.3 is 0 Å². The Morgan fingerprint density at radius 2 is 1.90 bits per heavy atom. The summed E-state index contributed by atoms with van der Waals surface area (Å²) in [7, 11) is 0. The molecule has 21 heavy (non-hydrogen) atoms. The van der Waals surface area contributed by atoms with E-state index in [4.69, 9.17) is 10.6 Å². The molecule has 1 aliphatic heterocycles. The van der Waals surface area contributed by atoms with Gasteiger partial charge in [-0.05, 0) is 55.6 Å². The molecule has 0 spiro atoms. The molecule has 0 saturated carbocycles. The molecule has 5 heteroatoms. The van der Waals surface area contributed by atoms with E-state index in [9.17, 15) is 4.79 Å². The maximum absolute atomic E-state index is 11.3. The SMILES string of the molecule is CC1(C)CCN(CCOc2ccc(C(=O)NN)cc2)CC1. The van der Waals surface area contributed by atoms with Gasteiger partial charge in [0.1, 0.15) is 12.4 Å². The van der Waals surface area contributed by atoms with E-state index in [1.165, 1.54) is 12.8 Å². The number of ether oxygens (including phenoxy) is 1. The maximum atomic E-state index is 11.3. The zero-order valence-corrected chi connectivity index (χ0v) is 12.9. The van der Waals surface area contributed by atoms with Crippen LogP contribution in [0.4, 0.5) is 0 Å². The molecule has 116 valence electrons. The number of carbonyl (C=O) groups excluding carboxylic acids is 1. The van der Waals surface area contributed by atoms with Crippen LogP contribution in [0.5, 0.6) is 5.75 Å². The summed E-state index contributed by atoms with van der Waals surface area (Å²) < 4.78 is 5.72. The van der Waals surface area contributed by atoms with Crippen LogP contribution in [-0.4, -0.2) is 37.0 Å². The highest BCUT2D eigenvalue weighted by atomic mass is 16.5. The van der Waals surface area contributed by atoms with Gasteiger partial charge in [0.05, 0.1) is 0 Å². The van der Waals surface area contributed by atoms with Crippen molar-refractivity contribution in [2.24, 2.45) is 11.3 Å². The highest BCUT2D eigenvalue weighted by molar-refractivity contribution is 5.93. The van der Waals surface area contributed by atoms with Gasteiger partial charge in [-0.2, -0.15) is 0 Å². The summed E-state index contributed by atoms with van der Waals surface area (Å²) >= 11 is 0. The second-order valence-electron chi connectivity index (χ2n) is 6.35. The topological polar surface area (TPSA) is 67.6 Å². The van der Waals surface area contributed by atoms with Crippen LogP contribution in [0.15, 0.2) is 24.3 Å². The molecule has 0 unspecified atom stereocenters. The van der Waals surface area contributed by atoms with Gasteiger partial charge in [-0.1, -0.05) is 13.8 Å². The molecule has 2 rings (SSSR count). The van der Waals surface area contributed by atoms with Gasteiger partial charge in [0, 0.05) is 12.1 Å². The molecule has 0 atom stereocenters. The Labute approximate surface area is 126 Å². The van der Waals surface area contributed by atoms with Crippen LogP contribution in [0.2, 0.25) is 0 Å². The first-order chi connectivity index (χ1) is 10.00. The second kappa shape index (κ2) is 6.91. The lowest BCUT2D eigenvalue weighted by molar-refractivity contribution is 0.0953. The van der Waals surface area contributed by atoms with Crippen molar-refractivity contribution in [3.63, 3.8) is 0 Å². The van der Waals surface area contributed by atoms with E-state index in [1.54, 1.807) is 24.3 Å². The summed E-state index contributed by atoms with van der Waals surface area (Å²) in [5.41, 5.74) is 3.12. The molecule has 0 bridgehead atoms. The van der Waals surface area contributed by atoms with E-state index >= 15 is 0 Å². The first-order valence-electron chi connectivity index (χ1n) is 7.46. The van der Waals surface area contributed by atoms with E-state index in [0.717, 1.165) is 25.4 Å². The van der Waals surface area contributed by atoms with Gasteiger partial charge < -0.3 is 4.74 Å². The van der Waals surface area contributed by atoms with Crippen molar-refractivity contribution >= 4 is 5.91 Å². The number of piperidine rings is 1. The molecule has 1 aromatic rings. The molecule has 1 aliphatic rings. The van der Waals surface area contributed by atoms with Gasteiger partial charge in [0.25, 0.3) is 5.91 Å². The zero-order valence-electron chi connectivity index (χ0n) is 12.9. The van der Waals surface area contributed by atoms with Crippen molar-refractivity contribution in [3.05, 3.63) is 29.8 Å². The first-order valence-corrected chi connectivity index (χ1v) is 7.46. The van der Waals surface area contributed by atoms with Crippen LogP contribution in [0.3, 0.4) is 0 Å². The van der Waals surface area contributed by atoms with Crippen LogP contribution in [0.1, 0.15) is 37.0 Å². The molecule has 0 aliphatic carbocycles. The summed E-state index contributed by atoms with van der Waals surface area (Å²) in [4.78, 5) is 13.8. The molecular formula is C16H25N3O2. The lowest BCUT2D eigenvalue weighted by Crippen LogP contribution is -2.39. The van der Waals surface area contributed by atoms with Crippen LogP contribution >= 0.6 is 0 Å². The highest BCUT2D eigenvalue weighted by Gasteiger charge is 2.24. The second-order valence-corrected chi connectivity index (χ2v) is 6.35. The smallest absolute Gasteiger partial charge is 0.265 e. The summed E-state index contributed by atoms with van der Waals surface area (Å²) in [6.07, 6.45) is 2.49. The lowest BCUT2D eigenvalue weighted by Gasteiger charge is -2.36. The van der Waals surface area contributed by atoms with Crippen LogP contribution in [-0.2, 0) is 0 Å². The summed E-state index contributed by atoms with van der Waals surface area (Å²) in [5, 5.41) is 0. The minimum Gasteiger partial charge on any atom is -0.492 e. The molecule has 0 radical (unpaired) electrons. The molecular weight excluding hydrogens is 266 g/mol. The monoisotopic (exact) mass is 291 g/mol. The Hall–Kier alpha value is -1.59. The minimum atomic E-state index is -0.294. The molecule has 0 aromatic heterocycles. The standard InChI is InChI=1S/C16H25N3O2/c1-16(2)7-9-19(10-8-16)11-12-21-14-5-3-13(4-6-14)15(20)18-17/h3-6H,7-12,17H2,1-2H3,(H,18,20). The average molecular weight is 291 g/mol. The van der Waals surface area contributed by atoms with E-state index in [-0.39, 0.29) is 5.91 Å². The third-order valence-electron chi connectivity index (χ3n) is 4.13. The van der Waals surface area contributed by atoms with Crippen molar-refractivity contribution in [1.82, 2.24) is 10.3 Å². The average Bonchev–Trinajstić information content (AvgIpc) is 2.49. The molecule has 3 N–H and O–H groups in total. The fraction of sp³-hybridized carbons (Fsp3) is 0.562. The van der Waals surface area contributed by atoms with Crippen LogP contribution in [0, 0.1) is 5.41 Å². The van der Waals surface area contributed by atoms with Gasteiger partial charge in [-0.25, -0.2) is 5.84 Å². The van der Waals surface area contributed by atoms with E-state index in [1.807, 2.05) is 0 Å². The van der Waals surface area contributed by atoms with E-state index < -0.39 is 0 Å². The van der Waals surface area contributed by atoms with Crippen molar-refractivity contribution in [2.45, 2.75) is 26.7 Å². The van der Waals surface area contributed by atoms with Crippen LogP contribution in [0.25, 0.3) is 0 Å². The number of nitrogens with one attached hydrogen (secondary N) is 1. The Balaban J connectivity index is 1.73. The van der Waals surface area contributed by atoms with Crippen molar-refractivity contribution in [3.8, 4) is 5.75 Å². The number of carbonyl (C=O) groups is 1. The summed E-state index contributed by atoms with van der Waals surface area (Å²) in [6.45, 7) is 8.57. The number of benzene rings is 1. The highest BCUT2D eigenvalue weighted by Crippen LogP contribution is 2.29. The number of amides is 1. The van der Waals surface area contributed by atoms with Gasteiger partial charge in [-0.3, -0.25) is 15.1 Å². The van der Waals surface area contributed by atoms with E-state index in [2.05, 4.69) is 24.2 Å². The summed E-state index contributed by atoms with van der Waals surface area (Å²) in [6, 6.07) is 7.01. The lowest BCUT2D eigenvalue weighted by atomic mass is 9.83. The Morgan fingerprint density at radius 3 is 2.48 bits per heavy atom. The molecule has 1 fully saturated rings. The Morgan fingerprint density at radius 1 is 1.29 bits per heavy atom. The molecule has 5 nitrogen and oxygen atoms in total. The zero-order chi connectivity index (χ0) is 15.3. The number of hydrogen-bond acceptors (Lipinski definition) is 4. The van der Waals surface area contributed by atoms with Crippen LogP contribution < -0.4 is 16.0 Å². The summed E-state index contributed by atoms with van der Waals surface area (Å²) in [5.74, 6) is 5.57. The minimum absolute atomic E-state index is 0.294.